The Kier molecular flexibility index (Phi) is 8.59. The molecule has 1 N–H and O–H groups in total. The zero-order valence-electron chi connectivity index (χ0n) is 18.0. The SMILES string of the molecule is C=CCC(C)(C)CC(NCCOC1CCOCC1)c1nnnn1CC1CCOC1. The molecule has 164 valence electrons. The van der Waals surface area contributed by atoms with Crippen molar-refractivity contribution in [3.63, 3.8) is 0 Å². The lowest BCUT2D eigenvalue weighted by Crippen LogP contribution is -2.33. The number of nitrogens with one attached hydrogen (secondary N) is 1. The first kappa shape index (κ1) is 22.3. The summed E-state index contributed by atoms with van der Waals surface area (Å²) in [5.74, 6) is 1.39. The van der Waals surface area contributed by atoms with Crippen LogP contribution in [0.1, 0.15) is 57.8 Å². The summed E-state index contributed by atoms with van der Waals surface area (Å²) in [6.45, 7) is 13.9. The van der Waals surface area contributed by atoms with Crippen LogP contribution in [0.3, 0.4) is 0 Å². The van der Waals surface area contributed by atoms with Gasteiger partial charge < -0.3 is 19.5 Å². The van der Waals surface area contributed by atoms with Gasteiger partial charge in [-0.3, -0.25) is 0 Å². The molecule has 0 spiro atoms. The van der Waals surface area contributed by atoms with Gasteiger partial charge in [0.05, 0.1) is 25.4 Å². The van der Waals surface area contributed by atoms with Gasteiger partial charge in [-0.1, -0.05) is 19.9 Å². The summed E-state index contributed by atoms with van der Waals surface area (Å²) in [7, 11) is 0. The Balaban J connectivity index is 1.59. The van der Waals surface area contributed by atoms with Crippen molar-refractivity contribution in [2.75, 3.05) is 39.6 Å². The lowest BCUT2D eigenvalue weighted by molar-refractivity contribution is -0.0311. The molecule has 2 unspecified atom stereocenters. The van der Waals surface area contributed by atoms with E-state index in [0.717, 1.165) is 77.4 Å². The van der Waals surface area contributed by atoms with Crippen molar-refractivity contribution in [3.8, 4) is 0 Å². The minimum absolute atomic E-state index is 0.0700. The molecule has 2 aliphatic heterocycles. The molecule has 29 heavy (non-hydrogen) atoms. The number of tetrazole rings is 1. The molecule has 8 nitrogen and oxygen atoms in total. The summed E-state index contributed by atoms with van der Waals surface area (Å²) in [5.41, 5.74) is 0.105. The molecule has 0 bridgehead atoms. The highest BCUT2D eigenvalue weighted by atomic mass is 16.5. The maximum absolute atomic E-state index is 6.03. The van der Waals surface area contributed by atoms with E-state index < -0.39 is 0 Å². The van der Waals surface area contributed by atoms with Crippen molar-refractivity contribution in [1.82, 2.24) is 25.5 Å². The molecule has 1 aromatic rings. The van der Waals surface area contributed by atoms with Gasteiger partial charge in [0.25, 0.3) is 0 Å². The average Bonchev–Trinajstić information content (AvgIpc) is 3.37. The van der Waals surface area contributed by atoms with Crippen LogP contribution in [0.2, 0.25) is 0 Å². The number of nitrogens with zero attached hydrogens (tertiary/aromatic N) is 4. The molecule has 0 amide bonds. The van der Waals surface area contributed by atoms with Gasteiger partial charge in [0.2, 0.25) is 0 Å². The van der Waals surface area contributed by atoms with E-state index in [1.54, 1.807) is 0 Å². The normalized spacial score (nSPS) is 22.1. The highest BCUT2D eigenvalue weighted by molar-refractivity contribution is 4.96. The van der Waals surface area contributed by atoms with E-state index in [2.05, 4.69) is 41.3 Å². The van der Waals surface area contributed by atoms with E-state index in [4.69, 9.17) is 14.2 Å². The minimum Gasteiger partial charge on any atom is -0.381 e. The molecular formula is C21H37N5O3. The van der Waals surface area contributed by atoms with Gasteiger partial charge in [-0.2, -0.15) is 0 Å². The zero-order valence-corrected chi connectivity index (χ0v) is 18.0. The standard InChI is InChI=1S/C21H37N5O3/c1-4-8-21(2,3)14-19(22-9-13-29-18-6-11-27-12-7-18)20-23-24-25-26(20)15-17-5-10-28-16-17/h4,17-19,22H,1,5-16H2,2-3H3. The van der Waals surface area contributed by atoms with E-state index in [0.29, 0.717) is 18.6 Å². The van der Waals surface area contributed by atoms with Crippen LogP contribution in [-0.2, 0) is 20.8 Å². The first-order valence-corrected chi connectivity index (χ1v) is 10.9. The summed E-state index contributed by atoms with van der Waals surface area (Å²) >= 11 is 0. The van der Waals surface area contributed by atoms with Crippen LogP contribution in [0.4, 0.5) is 0 Å². The van der Waals surface area contributed by atoms with Crippen molar-refractivity contribution in [2.24, 2.45) is 11.3 Å². The molecular weight excluding hydrogens is 370 g/mol. The van der Waals surface area contributed by atoms with E-state index >= 15 is 0 Å². The lowest BCUT2D eigenvalue weighted by Gasteiger charge is -2.29. The van der Waals surface area contributed by atoms with Crippen molar-refractivity contribution >= 4 is 0 Å². The predicted molar refractivity (Wildman–Crippen MR) is 110 cm³/mol. The maximum atomic E-state index is 6.03. The molecule has 8 heteroatoms. The van der Waals surface area contributed by atoms with Crippen LogP contribution in [0.5, 0.6) is 0 Å². The molecule has 3 rings (SSSR count). The minimum atomic E-state index is 0.0700. The second kappa shape index (κ2) is 11.2. The van der Waals surface area contributed by atoms with Crippen LogP contribution >= 0.6 is 0 Å². The van der Waals surface area contributed by atoms with E-state index in [1.165, 1.54) is 0 Å². The van der Waals surface area contributed by atoms with E-state index in [-0.39, 0.29) is 11.5 Å². The summed E-state index contributed by atoms with van der Waals surface area (Å²) in [5, 5.41) is 16.3. The largest absolute Gasteiger partial charge is 0.381 e. The maximum Gasteiger partial charge on any atom is 0.168 e. The van der Waals surface area contributed by atoms with Gasteiger partial charge >= 0.3 is 0 Å². The fraction of sp³-hybridized carbons (Fsp3) is 0.857. The Morgan fingerprint density at radius 2 is 2.07 bits per heavy atom. The fourth-order valence-electron chi connectivity index (χ4n) is 4.15. The Bertz CT molecular complexity index is 609. The number of hydrogen-bond acceptors (Lipinski definition) is 7. The average molecular weight is 408 g/mol. The first-order chi connectivity index (χ1) is 14.1. The van der Waals surface area contributed by atoms with E-state index in [1.807, 2.05) is 10.8 Å². The second-order valence-electron chi connectivity index (χ2n) is 9.00. The van der Waals surface area contributed by atoms with Gasteiger partial charge in [0.15, 0.2) is 5.82 Å². The van der Waals surface area contributed by atoms with Crippen molar-refractivity contribution in [1.29, 1.82) is 0 Å². The number of aromatic nitrogens is 4. The molecule has 0 aromatic carbocycles. The molecule has 2 aliphatic rings. The Morgan fingerprint density at radius 1 is 1.28 bits per heavy atom. The molecule has 0 radical (unpaired) electrons. The van der Waals surface area contributed by atoms with Gasteiger partial charge in [0, 0.05) is 38.8 Å². The zero-order chi connectivity index (χ0) is 20.5. The number of ether oxygens (including phenoxy) is 3. The third-order valence-corrected chi connectivity index (χ3v) is 5.79. The Morgan fingerprint density at radius 3 is 2.79 bits per heavy atom. The van der Waals surface area contributed by atoms with Gasteiger partial charge in [-0.25, -0.2) is 4.68 Å². The molecule has 2 atom stereocenters. The topological polar surface area (TPSA) is 83.3 Å². The third-order valence-electron chi connectivity index (χ3n) is 5.79. The Labute approximate surface area is 174 Å². The Hall–Kier alpha value is -1.35. The van der Waals surface area contributed by atoms with Crippen LogP contribution in [-0.4, -0.2) is 65.9 Å². The fourth-order valence-corrected chi connectivity index (χ4v) is 4.15. The summed E-state index contributed by atoms with van der Waals surface area (Å²) in [4.78, 5) is 0. The first-order valence-electron chi connectivity index (χ1n) is 10.9. The van der Waals surface area contributed by atoms with Crippen molar-refractivity contribution in [2.45, 2.75) is 64.6 Å². The van der Waals surface area contributed by atoms with Gasteiger partial charge in [-0.05, 0) is 47.9 Å². The molecule has 2 fully saturated rings. The van der Waals surface area contributed by atoms with Crippen molar-refractivity contribution in [3.05, 3.63) is 18.5 Å². The van der Waals surface area contributed by atoms with Crippen molar-refractivity contribution < 1.29 is 14.2 Å². The van der Waals surface area contributed by atoms with Crippen LogP contribution in [0.15, 0.2) is 12.7 Å². The number of rotatable bonds is 12. The predicted octanol–water partition coefficient (Wildman–Crippen LogP) is 2.53. The summed E-state index contributed by atoms with van der Waals surface area (Å²) in [6, 6.07) is 0.0700. The highest BCUT2D eigenvalue weighted by Gasteiger charge is 2.28. The molecule has 3 heterocycles. The molecule has 2 saturated heterocycles. The van der Waals surface area contributed by atoms with Crippen LogP contribution in [0.25, 0.3) is 0 Å². The smallest absolute Gasteiger partial charge is 0.168 e. The van der Waals surface area contributed by atoms with Gasteiger partial charge in [0.1, 0.15) is 0 Å². The van der Waals surface area contributed by atoms with E-state index in [9.17, 15) is 0 Å². The quantitative estimate of drug-likeness (QED) is 0.421. The second-order valence-corrected chi connectivity index (χ2v) is 9.00. The summed E-state index contributed by atoms with van der Waals surface area (Å²) < 4.78 is 18.9. The highest BCUT2D eigenvalue weighted by Crippen LogP contribution is 2.32. The lowest BCUT2D eigenvalue weighted by atomic mass is 9.82. The third kappa shape index (κ3) is 7.13. The molecule has 0 aliphatic carbocycles. The molecule has 1 aromatic heterocycles. The van der Waals surface area contributed by atoms with Crippen LogP contribution < -0.4 is 5.32 Å². The van der Waals surface area contributed by atoms with Gasteiger partial charge in [-0.15, -0.1) is 11.7 Å². The number of allylic oxidation sites excluding steroid dienone is 1. The molecule has 0 saturated carbocycles. The summed E-state index contributed by atoms with van der Waals surface area (Å²) in [6.07, 6.45) is 7.21. The van der Waals surface area contributed by atoms with Crippen LogP contribution in [0, 0.1) is 11.3 Å². The monoisotopic (exact) mass is 407 g/mol. The number of hydrogen-bond donors (Lipinski definition) is 1.